The molecule has 1 saturated heterocycles. The van der Waals surface area contributed by atoms with Crippen molar-refractivity contribution >= 4 is 34.9 Å². The fourth-order valence-electron chi connectivity index (χ4n) is 4.06. The normalized spacial score (nSPS) is 22.0. The summed E-state index contributed by atoms with van der Waals surface area (Å²) in [6.07, 6.45) is 5.98. The first kappa shape index (κ1) is 18.3. The largest absolute Gasteiger partial charge is 0.340 e. The number of piperidine rings is 1. The summed E-state index contributed by atoms with van der Waals surface area (Å²) in [6.45, 7) is 6.82. The van der Waals surface area contributed by atoms with Crippen LogP contribution in [0.3, 0.4) is 0 Å². The van der Waals surface area contributed by atoms with Gasteiger partial charge in [0.15, 0.2) is 0 Å². The van der Waals surface area contributed by atoms with Gasteiger partial charge in [-0.25, -0.2) is 0 Å². The van der Waals surface area contributed by atoms with Gasteiger partial charge in [-0.05, 0) is 80.8 Å². The van der Waals surface area contributed by atoms with Crippen LogP contribution in [0.1, 0.15) is 31.7 Å². The smallest absolute Gasteiger partial charge is 0.0564 e. The Morgan fingerprint density at radius 2 is 2.04 bits per heavy atom. The van der Waals surface area contributed by atoms with E-state index in [1.807, 2.05) is 23.5 Å². The molecule has 2 unspecified atom stereocenters. The van der Waals surface area contributed by atoms with Crippen LogP contribution < -0.4 is 10.2 Å². The summed E-state index contributed by atoms with van der Waals surface area (Å²) in [4.78, 5) is 6.67. The molecule has 0 radical (unpaired) electrons. The van der Waals surface area contributed by atoms with Crippen LogP contribution in [0.5, 0.6) is 0 Å². The van der Waals surface area contributed by atoms with Gasteiger partial charge < -0.3 is 10.2 Å². The van der Waals surface area contributed by atoms with Gasteiger partial charge in [-0.3, -0.25) is 0 Å². The average Bonchev–Trinajstić information content (AvgIpc) is 2.64. The summed E-state index contributed by atoms with van der Waals surface area (Å²) in [7, 11) is 0. The lowest BCUT2D eigenvalue weighted by molar-refractivity contribution is 0.310. The highest BCUT2D eigenvalue weighted by Gasteiger charge is 2.25. The van der Waals surface area contributed by atoms with Crippen LogP contribution in [-0.2, 0) is 0 Å². The number of hydrogen-bond donors (Lipinski definition) is 1. The highest BCUT2D eigenvalue weighted by atomic mass is 32.2. The lowest BCUT2D eigenvalue weighted by Crippen LogP contribution is -2.39. The number of aryl methyl sites for hydroxylation is 1. The molecule has 2 nitrogen and oxygen atoms in total. The molecule has 0 bridgehead atoms. The number of thioether (sulfide) groups is 1. The molecule has 0 spiro atoms. The molecule has 138 valence electrons. The molecule has 0 saturated carbocycles. The molecular formula is C22H28N2S2. The van der Waals surface area contributed by atoms with Crippen molar-refractivity contribution in [2.24, 2.45) is 5.92 Å². The van der Waals surface area contributed by atoms with Crippen molar-refractivity contribution < 1.29 is 0 Å². The number of nitrogens with zero attached hydrogens (tertiary/aromatic N) is 1. The Labute approximate surface area is 166 Å². The van der Waals surface area contributed by atoms with Gasteiger partial charge in [-0.2, -0.15) is 0 Å². The minimum Gasteiger partial charge on any atom is -0.340 e. The van der Waals surface area contributed by atoms with Gasteiger partial charge >= 0.3 is 0 Å². The second-order valence-electron chi connectivity index (χ2n) is 7.63. The van der Waals surface area contributed by atoms with Crippen molar-refractivity contribution in [1.82, 2.24) is 5.32 Å². The van der Waals surface area contributed by atoms with E-state index >= 15 is 0 Å². The third-order valence-corrected chi connectivity index (χ3v) is 7.38. The van der Waals surface area contributed by atoms with Crippen LogP contribution >= 0.6 is 23.5 Å². The number of nitrogens with one attached hydrogen (secondary N) is 1. The number of benzene rings is 2. The molecule has 2 aromatic rings. The lowest BCUT2D eigenvalue weighted by Gasteiger charge is -2.35. The van der Waals surface area contributed by atoms with Crippen LogP contribution in [0.4, 0.5) is 11.4 Å². The third-order valence-electron chi connectivity index (χ3n) is 5.54. The zero-order valence-electron chi connectivity index (χ0n) is 15.9. The van der Waals surface area contributed by atoms with E-state index in [-0.39, 0.29) is 0 Å². The van der Waals surface area contributed by atoms with Crippen LogP contribution in [0.2, 0.25) is 0 Å². The van der Waals surface area contributed by atoms with E-state index in [9.17, 15) is 0 Å². The summed E-state index contributed by atoms with van der Waals surface area (Å²) < 4.78 is 0. The maximum Gasteiger partial charge on any atom is 0.0564 e. The molecule has 2 aromatic carbocycles. The van der Waals surface area contributed by atoms with Crippen LogP contribution in [-0.4, -0.2) is 25.4 Å². The van der Waals surface area contributed by atoms with E-state index in [0.717, 1.165) is 12.5 Å². The molecule has 1 fully saturated rings. The van der Waals surface area contributed by atoms with Crippen LogP contribution in [0.15, 0.2) is 51.1 Å². The summed E-state index contributed by atoms with van der Waals surface area (Å²) >= 11 is 3.74. The molecule has 1 N–H and O–H groups in total. The van der Waals surface area contributed by atoms with Crippen molar-refractivity contribution in [3.8, 4) is 0 Å². The molecular weight excluding hydrogens is 356 g/mol. The van der Waals surface area contributed by atoms with Gasteiger partial charge in [0.2, 0.25) is 0 Å². The Morgan fingerprint density at radius 3 is 2.85 bits per heavy atom. The fourth-order valence-corrected chi connectivity index (χ4v) is 5.67. The van der Waals surface area contributed by atoms with Crippen molar-refractivity contribution in [2.45, 2.75) is 53.8 Å². The second kappa shape index (κ2) is 7.87. The number of hydrogen-bond acceptors (Lipinski definition) is 4. The molecule has 2 aliphatic heterocycles. The molecule has 4 heteroatoms. The fraction of sp³-hybridized carbons (Fsp3) is 0.455. The van der Waals surface area contributed by atoms with Crippen LogP contribution in [0, 0.1) is 12.8 Å². The first-order valence-electron chi connectivity index (χ1n) is 9.61. The lowest BCUT2D eigenvalue weighted by atomic mass is 9.92. The number of anilines is 2. The second-order valence-corrected chi connectivity index (χ2v) is 9.59. The molecule has 4 rings (SSSR count). The average molecular weight is 385 g/mol. The highest BCUT2D eigenvalue weighted by Crippen LogP contribution is 2.49. The zero-order valence-corrected chi connectivity index (χ0v) is 17.6. The predicted molar refractivity (Wildman–Crippen MR) is 115 cm³/mol. The van der Waals surface area contributed by atoms with Gasteiger partial charge in [0.05, 0.1) is 11.4 Å². The molecule has 2 aliphatic rings. The first-order valence-corrected chi connectivity index (χ1v) is 11.7. The van der Waals surface area contributed by atoms with E-state index in [2.05, 4.69) is 66.7 Å². The van der Waals surface area contributed by atoms with Crippen LogP contribution in [0.25, 0.3) is 0 Å². The first-order chi connectivity index (χ1) is 12.6. The van der Waals surface area contributed by atoms with E-state index < -0.39 is 0 Å². The standard InChI is InChI=1S/C22H28N2S2/c1-15-4-6-19-22(13-15)26-21-7-5-18(25-3)14-20(21)24(19)11-9-17-12-16(2)8-10-23-17/h4-7,13-14,16-17,23H,8-12H2,1-3H3. The Morgan fingerprint density at radius 1 is 1.15 bits per heavy atom. The van der Waals surface area contributed by atoms with Gasteiger partial charge in [0.1, 0.15) is 0 Å². The van der Waals surface area contributed by atoms with E-state index in [4.69, 9.17) is 0 Å². The topological polar surface area (TPSA) is 15.3 Å². The zero-order chi connectivity index (χ0) is 18.1. The Kier molecular flexibility index (Phi) is 5.53. The van der Waals surface area contributed by atoms with Gasteiger partial charge in [-0.1, -0.05) is 24.8 Å². The van der Waals surface area contributed by atoms with E-state index in [0.29, 0.717) is 6.04 Å². The van der Waals surface area contributed by atoms with Crippen molar-refractivity contribution in [3.05, 3.63) is 42.0 Å². The monoisotopic (exact) mass is 384 g/mol. The highest BCUT2D eigenvalue weighted by molar-refractivity contribution is 8.00. The predicted octanol–water partition coefficient (Wildman–Crippen LogP) is 6.10. The quantitative estimate of drug-likeness (QED) is 0.641. The Bertz CT molecular complexity index is 790. The van der Waals surface area contributed by atoms with Gasteiger partial charge in [0.25, 0.3) is 0 Å². The van der Waals surface area contributed by atoms with E-state index in [1.165, 1.54) is 57.4 Å². The molecule has 0 amide bonds. The SMILES string of the molecule is CSc1ccc2c(c1)N(CCC1CC(C)CCN1)c1ccc(C)cc1S2. The minimum absolute atomic E-state index is 0.648. The third kappa shape index (κ3) is 3.78. The number of rotatable bonds is 4. The van der Waals surface area contributed by atoms with Gasteiger partial charge in [-0.15, -0.1) is 11.8 Å². The Balaban J connectivity index is 1.63. The Hall–Kier alpha value is -1.10. The molecule has 2 atom stereocenters. The summed E-state index contributed by atoms with van der Waals surface area (Å²) in [5.41, 5.74) is 4.08. The van der Waals surface area contributed by atoms with Gasteiger partial charge in [0, 0.05) is 27.3 Å². The summed E-state index contributed by atoms with van der Waals surface area (Å²) in [5, 5.41) is 3.73. The maximum atomic E-state index is 3.73. The molecule has 2 heterocycles. The molecule has 26 heavy (non-hydrogen) atoms. The van der Waals surface area contributed by atoms with Crippen molar-refractivity contribution in [2.75, 3.05) is 24.2 Å². The van der Waals surface area contributed by atoms with Crippen molar-refractivity contribution in [1.29, 1.82) is 0 Å². The summed E-state index contributed by atoms with van der Waals surface area (Å²) in [6, 6.07) is 14.5. The maximum absolute atomic E-state index is 3.73. The molecule has 0 aromatic heterocycles. The van der Waals surface area contributed by atoms with E-state index in [1.54, 1.807) is 0 Å². The number of fused-ring (bicyclic) bond motifs is 2. The minimum atomic E-state index is 0.648. The van der Waals surface area contributed by atoms with Crippen molar-refractivity contribution in [3.63, 3.8) is 0 Å². The molecule has 0 aliphatic carbocycles. The summed E-state index contributed by atoms with van der Waals surface area (Å²) in [5.74, 6) is 0.850.